The lowest BCUT2D eigenvalue weighted by Crippen LogP contribution is -2.33. The van der Waals surface area contributed by atoms with Crippen molar-refractivity contribution in [1.29, 1.82) is 0 Å². The number of fused-ring (bicyclic) bond motifs is 1. The Balaban J connectivity index is 1.54. The van der Waals surface area contributed by atoms with Crippen LogP contribution in [0.2, 0.25) is 0 Å². The van der Waals surface area contributed by atoms with Crippen molar-refractivity contribution in [3.63, 3.8) is 0 Å². The van der Waals surface area contributed by atoms with Gasteiger partial charge in [-0.05, 0) is 62.6 Å². The average molecular weight is 449 g/mol. The largest absolute Gasteiger partial charge is 0.398 e. The molecule has 33 heavy (non-hydrogen) atoms. The van der Waals surface area contributed by atoms with Crippen molar-refractivity contribution in [1.82, 2.24) is 19.5 Å². The van der Waals surface area contributed by atoms with Crippen LogP contribution in [0, 0.1) is 6.92 Å². The van der Waals surface area contributed by atoms with Gasteiger partial charge in [-0.15, -0.1) is 0 Å². The molecule has 5 rings (SSSR count). The highest BCUT2D eigenvalue weighted by Gasteiger charge is 2.26. The normalized spacial score (nSPS) is 22.0. The third-order valence-corrected chi connectivity index (χ3v) is 7.33. The lowest BCUT2D eigenvalue weighted by molar-refractivity contribution is 0.352. The van der Waals surface area contributed by atoms with Gasteiger partial charge in [0.1, 0.15) is 5.82 Å². The molecule has 0 amide bonds. The van der Waals surface area contributed by atoms with Gasteiger partial charge in [0.05, 0.1) is 0 Å². The first kappa shape index (κ1) is 21.9. The highest BCUT2D eigenvalue weighted by atomic mass is 15.2. The number of aryl methyl sites for hydroxylation is 1. The molecule has 2 aromatic heterocycles. The van der Waals surface area contributed by atoms with E-state index in [1.54, 1.807) is 0 Å². The van der Waals surface area contributed by atoms with Gasteiger partial charge < -0.3 is 27.1 Å². The average Bonchev–Trinajstić information content (AvgIpc) is 3.16. The number of aromatic nitrogens is 4. The number of nitrogens with two attached hydrogens (primary N) is 3. The Labute approximate surface area is 195 Å². The summed E-state index contributed by atoms with van der Waals surface area (Å²) < 4.78 is 2.33. The van der Waals surface area contributed by atoms with Gasteiger partial charge in [-0.3, -0.25) is 0 Å². The van der Waals surface area contributed by atoms with Gasteiger partial charge in [-0.1, -0.05) is 31.4 Å². The molecule has 0 atom stereocenters. The van der Waals surface area contributed by atoms with E-state index in [1.165, 1.54) is 19.3 Å². The van der Waals surface area contributed by atoms with Crippen molar-refractivity contribution >= 4 is 28.6 Å². The number of anilines is 3. The molecule has 2 heterocycles. The van der Waals surface area contributed by atoms with Gasteiger partial charge in [-0.25, -0.2) is 4.98 Å². The van der Waals surface area contributed by atoms with Crippen molar-refractivity contribution in [2.45, 2.75) is 89.3 Å². The van der Waals surface area contributed by atoms with Gasteiger partial charge in [0.15, 0.2) is 17.0 Å². The summed E-state index contributed by atoms with van der Waals surface area (Å²) in [7, 11) is 0. The Bertz CT molecular complexity index is 1120. The maximum atomic E-state index is 6.43. The first-order chi connectivity index (χ1) is 16.0. The Morgan fingerprint density at radius 3 is 2.45 bits per heavy atom. The zero-order chi connectivity index (χ0) is 22.9. The predicted octanol–water partition coefficient (Wildman–Crippen LogP) is 4.08. The minimum Gasteiger partial charge on any atom is -0.398 e. The summed E-state index contributed by atoms with van der Waals surface area (Å²) in [4.78, 5) is 14.5. The Morgan fingerprint density at radius 2 is 1.73 bits per heavy atom. The van der Waals surface area contributed by atoms with Crippen molar-refractivity contribution in [2.24, 2.45) is 5.73 Å². The number of hydrogen-bond acceptors (Lipinski definition) is 7. The summed E-state index contributed by atoms with van der Waals surface area (Å²) >= 11 is 0. The van der Waals surface area contributed by atoms with E-state index in [2.05, 4.69) is 33.9 Å². The van der Waals surface area contributed by atoms with E-state index in [1.807, 2.05) is 6.07 Å². The molecule has 7 N–H and O–H groups in total. The summed E-state index contributed by atoms with van der Waals surface area (Å²) in [6.07, 6.45) is 10.8. The standard InChI is InChI=1S/C25H36N8/c1-15-7-8-16(20(27)13-15)14-21-30-22-23(28)31-25(29-18-11-9-17(26)10-12-18)32-24(22)33(21)19-5-3-2-4-6-19/h7-8,13,17-19H,2-6,9-12,14,26-27H2,1H3,(H3,28,29,31,32). The van der Waals surface area contributed by atoms with E-state index in [9.17, 15) is 0 Å². The summed E-state index contributed by atoms with van der Waals surface area (Å²) in [5.41, 5.74) is 23.4. The molecule has 2 aliphatic carbocycles. The number of imidazole rings is 1. The Hall–Kier alpha value is -2.87. The molecule has 0 spiro atoms. The fourth-order valence-electron chi connectivity index (χ4n) is 5.44. The number of hydrogen-bond donors (Lipinski definition) is 4. The number of benzene rings is 1. The third-order valence-electron chi connectivity index (χ3n) is 7.33. The minimum absolute atomic E-state index is 0.306. The highest BCUT2D eigenvalue weighted by molar-refractivity contribution is 5.83. The molecule has 2 aliphatic rings. The maximum absolute atomic E-state index is 6.43. The molecule has 1 aromatic carbocycles. The van der Waals surface area contributed by atoms with Crippen LogP contribution in [0.25, 0.3) is 11.2 Å². The number of nitrogen functional groups attached to an aromatic ring is 2. The second-order valence-electron chi connectivity index (χ2n) is 9.93. The van der Waals surface area contributed by atoms with Crippen molar-refractivity contribution < 1.29 is 0 Å². The molecular formula is C25H36N8. The van der Waals surface area contributed by atoms with Crippen LogP contribution in [0.1, 0.15) is 80.8 Å². The second kappa shape index (κ2) is 9.17. The zero-order valence-electron chi connectivity index (χ0n) is 19.6. The number of nitrogens with one attached hydrogen (secondary N) is 1. The molecule has 0 bridgehead atoms. The van der Waals surface area contributed by atoms with E-state index in [0.29, 0.717) is 41.8 Å². The number of nitrogens with zero attached hydrogens (tertiary/aromatic N) is 4. The van der Waals surface area contributed by atoms with E-state index in [4.69, 9.17) is 27.2 Å². The number of rotatable bonds is 5. The van der Waals surface area contributed by atoms with Gasteiger partial charge in [0.2, 0.25) is 5.95 Å². The molecule has 176 valence electrons. The van der Waals surface area contributed by atoms with Crippen molar-refractivity contribution in [3.05, 3.63) is 35.2 Å². The quantitative estimate of drug-likeness (QED) is 0.432. The molecule has 3 aromatic rings. The van der Waals surface area contributed by atoms with Crippen LogP contribution in [-0.4, -0.2) is 31.6 Å². The van der Waals surface area contributed by atoms with Crippen LogP contribution in [0.3, 0.4) is 0 Å². The summed E-state index contributed by atoms with van der Waals surface area (Å²) in [5.74, 6) is 2.00. The molecule has 0 unspecified atom stereocenters. The Morgan fingerprint density at radius 1 is 0.970 bits per heavy atom. The fraction of sp³-hybridized carbons (Fsp3) is 0.560. The van der Waals surface area contributed by atoms with Crippen molar-refractivity contribution in [3.8, 4) is 0 Å². The van der Waals surface area contributed by atoms with Crippen LogP contribution in [0.5, 0.6) is 0 Å². The lowest BCUT2D eigenvalue weighted by Gasteiger charge is -2.27. The lowest BCUT2D eigenvalue weighted by atomic mass is 9.92. The van der Waals surface area contributed by atoms with E-state index < -0.39 is 0 Å². The molecule has 8 nitrogen and oxygen atoms in total. The van der Waals surface area contributed by atoms with Gasteiger partial charge >= 0.3 is 0 Å². The molecule has 0 radical (unpaired) electrons. The first-order valence-corrected chi connectivity index (χ1v) is 12.4. The molecule has 2 fully saturated rings. The van der Waals surface area contributed by atoms with Crippen LogP contribution < -0.4 is 22.5 Å². The van der Waals surface area contributed by atoms with Crippen LogP contribution in [-0.2, 0) is 6.42 Å². The van der Waals surface area contributed by atoms with Crippen LogP contribution in [0.4, 0.5) is 17.5 Å². The van der Waals surface area contributed by atoms with Gasteiger partial charge in [0, 0.05) is 30.2 Å². The summed E-state index contributed by atoms with van der Waals surface area (Å²) in [5, 5.41) is 3.52. The molecule has 2 saturated carbocycles. The minimum atomic E-state index is 0.306. The summed E-state index contributed by atoms with van der Waals surface area (Å²) in [6, 6.07) is 7.24. The predicted molar refractivity (Wildman–Crippen MR) is 134 cm³/mol. The monoisotopic (exact) mass is 448 g/mol. The van der Waals surface area contributed by atoms with Crippen molar-refractivity contribution in [2.75, 3.05) is 16.8 Å². The zero-order valence-corrected chi connectivity index (χ0v) is 19.6. The Kier molecular flexibility index (Phi) is 6.10. The van der Waals surface area contributed by atoms with Crippen LogP contribution in [0.15, 0.2) is 18.2 Å². The second-order valence-corrected chi connectivity index (χ2v) is 9.93. The van der Waals surface area contributed by atoms with Crippen LogP contribution >= 0.6 is 0 Å². The van der Waals surface area contributed by atoms with Gasteiger partial charge in [0.25, 0.3) is 0 Å². The highest BCUT2D eigenvalue weighted by Crippen LogP contribution is 2.34. The molecule has 0 saturated heterocycles. The van der Waals surface area contributed by atoms with E-state index >= 15 is 0 Å². The smallest absolute Gasteiger partial charge is 0.226 e. The maximum Gasteiger partial charge on any atom is 0.226 e. The topological polar surface area (TPSA) is 134 Å². The molecular weight excluding hydrogens is 412 g/mol. The van der Waals surface area contributed by atoms with E-state index in [0.717, 1.165) is 66.8 Å². The molecule has 0 aliphatic heterocycles. The molecule has 8 heteroatoms. The van der Waals surface area contributed by atoms with Gasteiger partial charge in [-0.2, -0.15) is 9.97 Å². The SMILES string of the molecule is Cc1ccc(Cc2nc3c(N)nc(NC4CCC(N)CC4)nc3n2C2CCCCC2)c(N)c1. The third kappa shape index (κ3) is 4.62. The summed E-state index contributed by atoms with van der Waals surface area (Å²) in [6.45, 7) is 2.06. The van der Waals surface area contributed by atoms with E-state index in [-0.39, 0.29) is 0 Å². The fourth-order valence-corrected chi connectivity index (χ4v) is 5.44. The first-order valence-electron chi connectivity index (χ1n) is 12.4.